The van der Waals surface area contributed by atoms with E-state index in [4.69, 9.17) is 4.74 Å². The van der Waals surface area contributed by atoms with Crippen molar-refractivity contribution >= 4 is 11.8 Å². The van der Waals surface area contributed by atoms with Crippen LogP contribution in [0.25, 0.3) is 0 Å². The molecule has 24 heavy (non-hydrogen) atoms. The number of nitrogens with zero attached hydrogens (tertiary/aromatic N) is 4. The van der Waals surface area contributed by atoms with Gasteiger partial charge in [0.1, 0.15) is 0 Å². The molecule has 0 aromatic carbocycles. The standard InChI is InChI=1S/C17H24N4O3/c22-16(20-10-12-24-13-11-20)14-19-6-1-7-21(9-8-19)17(23)15-2-4-18-5-3-15/h2-5H,1,6-14H2. The van der Waals surface area contributed by atoms with Crippen LogP contribution in [0.1, 0.15) is 16.8 Å². The topological polar surface area (TPSA) is 66.0 Å². The molecule has 0 unspecified atom stereocenters. The SMILES string of the molecule is O=C(CN1CCCN(C(=O)c2ccncc2)CC1)N1CCOCC1. The lowest BCUT2D eigenvalue weighted by atomic mass is 10.2. The second-order valence-corrected chi connectivity index (χ2v) is 6.15. The minimum absolute atomic E-state index is 0.0405. The maximum Gasteiger partial charge on any atom is 0.254 e. The molecule has 0 aliphatic carbocycles. The van der Waals surface area contributed by atoms with Crippen molar-refractivity contribution in [1.82, 2.24) is 19.7 Å². The van der Waals surface area contributed by atoms with Crippen molar-refractivity contribution in [3.63, 3.8) is 0 Å². The molecule has 0 saturated carbocycles. The summed E-state index contributed by atoms with van der Waals surface area (Å²) >= 11 is 0. The molecule has 0 atom stereocenters. The minimum atomic E-state index is 0.0405. The number of hydrogen-bond donors (Lipinski definition) is 0. The fourth-order valence-electron chi connectivity index (χ4n) is 3.11. The Hall–Kier alpha value is -1.99. The highest BCUT2D eigenvalue weighted by molar-refractivity contribution is 5.94. The Morgan fingerprint density at radius 3 is 2.46 bits per heavy atom. The molecule has 3 rings (SSSR count). The summed E-state index contributed by atoms with van der Waals surface area (Å²) in [7, 11) is 0. The van der Waals surface area contributed by atoms with Gasteiger partial charge in [0.15, 0.2) is 0 Å². The van der Waals surface area contributed by atoms with Crippen LogP contribution in [0.5, 0.6) is 0 Å². The van der Waals surface area contributed by atoms with Crippen molar-refractivity contribution < 1.29 is 14.3 Å². The summed E-state index contributed by atoms with van der Waals surface area (Å²) in [6.45, 7) is 5.99. The quantitative estimate of drug-likeness (QED) is 0.785. The summed E-state index contributed by atoms with van der Waals surface area (Å²) in [6, 6.07) is 3.49. The van der Waals surface area contributed by atoms with E-state index in [0.29, 0.717) is 45.0 Å². The Bertz CT molecular complexity index is 560. The Kier molecular flexibility index (Phi) is 5.77. The zero-order valence-electron chi connectivity index (χ0n) is 13.9. The second kappa shape index (κ2) is 8.21. The predicted octanol–water partition coefficient (Wildman–Crippen LogP) is 0.0883. The number of carbonyl (C=O) groups excluding carboxylic acids is 2. The van der Waals surface area contributed by atoms with E-state index in [1.165, 1.54) is 0 Å². The van der Waals surface area contributed by atoms with Gasteiger partial charge in [0.05, 0.1) is 19.8 Å². The molecule has 7 nitrogen and oxygen atoms in total. The van der Waals surface area contributed by atoms with E-state index >= 15 is 0 Å². The van der Waals surface area contributed by atoms with Crippen LogP contribution in [0.15, 0.2) is 24.5 Å². The number of pyridine rings is 1. The van der Waals surface area contributed by atoms with E-state index in [1.54, 1.807) is 24.5 Å². The molecule has 0 bridgehead atoms. The molecule has 0 spiro atoms. The summed E-state index contributed by atoms with van der Waals surface area (Å²) in [5.74, 6) is 0.200. The smallest absolute Gasteiger partial charge is 0.254 e. The zero-order chi connectivity index (χ0) is 16.8. The summed E-state index contributed by atoms with van der Waals surface area (Å²) in [6.07, 6.45) is 4.16. The molecule has 1 aromatic heterocycles. The molecular formula is C17H24N4O3. The van der Waals surface area contributed by atoms with Gasteiger partial charge in [-0.2, -0.15) is 0 Å². The fraction of sp³-hybridized carbons (Fsp3) is 0.588. The molecule has 1 aromatic rings. The summed E-state index contributed by atoms with van der Waals surface area (Å²) in [5, 5.41) is 0. The molecule has 2 saturated heterocycles. The number of rotatable bonds is 3. The molecule has 0 N–H and O–H groups in total. The van der Waals surface area contributed by atoms with Gasteiger partial charge in [0.25, 0.3) is 5.91 Å². The summed E-state index contributed by atoms with van der Waals surface area (Å²) in [4.78, 5) is 34.7. The van der Waals surface area contributed by atoms with E-state index in [0.717, 1.165) is 26.1 Å². The second-order valence-electron chi connectivity index (χ2n) is 6.15. The maximum absolute atomic E-state index is 12.5. The van der Waals surface area contributed by atoms with Crippen LogP contribution in [-0.4, -0.2) is 90.5 Å². The van der Waals surface area contributed by atoms with Gasteiger partial charge < -0.3 is 14.5 Å². The van der Waals surface area contributed by atoms with E-state index in [1.807, 2.05) is 9.80 Å². The number of aromatic nitrogens is 1. The van der Waals surface area contributed by atoms with Crippen molar-refractivity contribution in [1.29, 1.82) is 0 Å². The van der Waals surface area contributed by atoms with Gasteiger partial charge in [-0.25, -0.2) is 0 Å². The number of morpholine rings is 1. The third-order valence-electron chi connectivity index (χ3n) is 4.53. The Morgan fingerprint density at radius 1 is 0.958 bits per heavy atom. The average molecular weight is 332 g/mol. The zero-order valence-corrected chi connectivity index (χ0v) is 13.9. The van der Waals surface area contributed by atoms with Gasteiger partial charge in [-0.1, -0.05) is 0 Å². The van der Waals surface area contributed by atoms with E-state index in [9.17, 15) is 9.59 Å². The van der Waals surface area contributed by atoms with Gasteiger partial charge in [-0.3, -0.25) is 19.5 Å². The first kappa shape index (κ1) is 16.9. The molecule has 130 valence electrons. The lowest BCUT2D eigenvalue weighted by Gasteiger charge is -2.29. The Balaban J connectivity index is 1.51. The number of hydrogen-bond acceptors (Lipinski definition) is 5. The molecule has 3 heterocycles. The lowest BCUT2D eigenvalue weighted by molar-refractivity contribution is -0.136. The monoisotopic (exact) mass is 332 g/mol. The largest absolute Gasteiger partial charge is 0.378 e. The molecular weight excluding hydrogens is 308 g/mol. The van der Waals surface area contributed by atoms with Crippen LogP contribution in [0.2, 0.25) is 0 Å². The lowest BCUT2D eigenvalue weighted by Crippen LogP contribution is -2.46. The minimum Gasteiger partial charge on any atom is -0.378 e. The van der Waals surface area contributed by atoms with Crippen LogP contribution in [0.3, 0.4) is 0 Å². The van der Waals surface area contributed by atoms with Crippen molar-refractivity contribution in [2.24, 2.45) is 0 Å². The first-order valence-electron chi connectivity index (χ1n) is 8.51. The van der Waals surface area contributed by atoms with Gasteiger partial charge >= 0.3 is 0 Å². The fourth-order valence-corrected chi connectivity index (χ4v) is 3.11. The normalized spacial score (nSPS) is 19.8. The van der Waals surface area contributed by atoms with Crippen molar-refractivity contribution in [2.75, 3.05) is 59.0 Å². The van der Waals surface area contributed by atoms with Gasteiger partial charge in [-0.05, 0) is 18.6 Å². The van der Waals surface area contributed by atoms with Gasteiger partial charge in [0, 0.05) is 57.2 Å². The first-order chi connectivity index (χ1) is 11.7. The molecule has 2 aliphatic rings. The Morgan fingerprint density at radius 2 is 1.71 bits per heavy atom. The highest BCUT2D eigenvalue weighted by Crippen LogP contribution is 2.09. The first-order valence-corrected chi connectivity index (χ1v) is 8.51. The molecule has 2 amide bonds. The third kappa shape index (κ3) is 4.30. The highest BCUT2D eigenvalue weighted by Gasteiger charge is 2.23. The van der Waals surface area contributed by atoms with Gasteiger partial charge in [-0.15, -0.1) is 0 Å². The van der Waals surface area contributed by atoms with Crippen molar-refractivity contribution in [2.45, 2.75) is 6.42 Å². The molecule has 2 aliphatic heterocycles. The number of amides is 2. The van der Waals surface area contributed by atoms with E-state index in [2.05, 4.69) is 9.88 Å². The van der Waals surface area contributed by atoms with E-state index in [-0.39, 0.29) is 11.8 Å². The van der Waals surface area contributed by atoms with E-state index < -0.39 is 0 Å². The van der Waals surface area contributed by atoms with Crippen LogP contribution in [0, 0.1) is 0 Å². The molecule has 2 fully saturated rings. The summed E-state index contributed by atoms with van der Waals surface area (Å²) in [5.41, 5.74) is 0.669. The van der Waals surface area contributed by atoms with Crippen LogP contribution in [-0.2, 0) is 9.53 Å². The predicted molar refractivity (Wildman–Crippen MR) is 88.6 cm³/mol. The summed E-state index contributed by atoms with van der Waals surface area (Å²) < 4.78 is 5.29. The number of ether oxygens (including phenoxy) is 1. The van der Waals surface area contributed by atoms with Crippen LogP contribution < -0.4 is 0 Å². The third-order valence-corrected chi connectivity index (χ3v) is 4.53. The Labute approximate surface area is 142 Å². The van der Waals surface area contributed by atoms with Crippen LogP contribution in [0.4, 0.5) is 0 Å². The number of carbonyl (C=O) groups is 2. The maximum atomic E-state index is 12.5. The van der Waals surface area contributed by atoms with Crippen molar-refractivity contribution in [3.05, 3.63) is 30.1 Å². The molecule has 0 radical (unpaired) electrons. The van der Waals surface area contributed by atoms with Gasteiger partial charge in [0.2, 0.25) is 5.91 Å². The van der Waals surface area contributed by atoms with Crippen molar-refractivity contribution in [3.8, 4) is 0 Å². The van der Waals surface area contributed by atoms with Crippen LogP contribution >= 0.6 is 0 Å². The highest BCUT2D eigenvalue weighted by atomic mass is 16.5. The average Bonchev–Trinajstić information content (AvgIpc) is 2.88. The molecule has 7 heteroatoms.